The Morgan fingerprint density at radius 2 is 2.10 bits per heavy atom. The van der Waals surface area contributed by atoms with E-state index >= 15 is 0 Å². The number of nitrogens with two attached hydrogens (primary N) is 1. The molecule has 0 heterocycles. The van der Waals surface area contributed by atoms with Gasteiger partial charge in [-0.25, -0.2) is 0 Å². The summed E-state index contributed by atoms with van der Waals surface area (Å²) in [5.74, 6) is 0.918. The van der Waals surface area contributed by atoms with E-state index in [0.29, 0.717) is 11.0 Å². The quantitative estimate of drug-likeness (QED) is 0.818. The zero-order valence-corrected chi connectivity index (χ0v) is 13.2. The first-order chi connectivity index (χ1) is 9.65. The number of rotatable bonds is 6. The second-order valence-corrected chi connectivity index (χ2v) is 5.83. The van der Waals surface area contributed by atoms with Crippen LogP contribution in [-0.2, 0) is 6.54 Å². The fraction of sp³-hybridized carbons (Fsp3) is 0.562. The molecule has 0 radical (unpaired) electrons. The molecule has 4 heteroatoms. The smallest absolute Gasteiger partial charge is 0.123 e. The Bertz CT molecular complexity index is 470. The SMILES string of the molecule is CCN(Cc1cc(C(N)=S)ccc1OC)C1CCCC1. The van der Waals surface area contributed by atoms with Gasteiger partial charge in [-0.1, -0.05) is 32.0 Å². The average molecular weight is 292 g/mol. The van der Waals surface area contributed by atoms with Crippen LogP contribution in [0.4, 0.5) is 0 Å². The Morgan fingerprint density at radius 3 is 2.65 bits per heavy atom. The van der Waals surface area contributed by atoms with E-state index in [-0.39, 0.29) is 0 Å². The molecule has 20 heavy (non-hydrogen) atoms. The fourth-order valence-electron chi connectivity index (χ4n) is 3.04. The van der Waals surface area contributed by atoms with Crippen molar-refractivity contribution < 1.29 is 4.74 Å². The zero-order valence-electron chi connectivity index (χ0n) is 12.4. The van der Waals surface area contributed by atoms with Gasteiger partial charge in [0.1, 0.15) is 10.7 Å². The van der Waals surface area contributed by atoms with E-state index < -0.39 is 0 Å². The first-order valence-corrected chi connectivity index (χ1v) is 7.77. The molecule has 1 fully saturated rings. The van der Waals surface area contributed by atoms with E-state index in [1.165, 1.54) is 31.2 Å². The monoisotopic (exact) mass is 292 g/mol. The van der Waals surface area contributed by atoms with Gasteiger partial charge in [-0.05, 0) is 37.6 Å². The van der Waals surface area contributed by atoms with Crippen molar-refractivity contribution in [1.29, 1.82) is 0 Å². The summed E-state index contributed by atoms with van der Waals surface area (Å²) in [7, 11) is 1.71. The number of hydrogen-bond acceptors (Lipinski definition) is 3. The van der Waals surface area contributed by atoms with E-state index in [2.05, 4.69) is 17.9 Å². The van der Waals surface area contributed by atoms with Crippen LogP contribution in [0.3, 0.4) is 0 Å². The predicted molar refractivity (Wildman–Crippen MR) is 87.2 cm³/mol. The second kappa shape index (κ2) is 7.04. The minimum absolute atomic E-state index is 0.442. The second-order valence-electron chi connectivity index (χ2n) is 5.39. The molecule has 0 aromatic heterocycles. The largest absolute Gasteiger partial charge is 0.496 e. The molecule has 1 aromatic rings. The Balaban J connectivity index is 2.20. The highest BCUT2D eigenvalue weighted by Gasteiger charge is 2.22. The van der Waals surface area contributed by atoms with Crippen molar-refractivity contribution in [2.45, 2.75) is 45.2 Å². The third-order valence-corrected chi connectivity index (χ3v) is 4.42. The van der Waals surface area contributed by atoms with Crippen LogP contribution in [0, 0.1) is 0 Å². The third-order valence-electron chi connectivity index (χ3n) is 4.19. The highest BCUT2D eigenvalue weighted by atomic mass is 32.1. The normalized spacial score (nSPS) is 15.8. The molecule has 2 rings (SSSR count). The van der Waals surface area contributed by atoms with E-state index in [0.717, 1.165) is 24.4 Å². The van der Waals surface area contributed by atoms with Crippen molar-refractivity contribution in [2.75, 3.05) is 13.7 Å². The predicted octanol–water partition coefficient (Wildman–Crippen LogP) is 3.09. The lowest BCUT2D eigenvalue weighted by Crippen LogP contribution is -2.32. The molecule has 0 spiro atoms. The fourth-order valence-corrected chi connectivity index (χ4v) is 3.17. The highest BCUT2D eigenvalue weighted by Crippen LogP contribution is 2.27. The Kier molecular flexibility index (Phi) is 5.38. The van der Waals surface area contributed by atoms with Crippen LogP contribution in [-0.4, -0.2) is 29.6 Å². The number of benzene rings is 1. The Morgan fingerprint density at radius 1 is 1.40 bits per heavy atom. The van der Waals surface area contributed by atoms with Crippen LogP contribution in [0.15, 0.2) is 18.2 Å². The number of methoxy groups -OCH3 is 1. The summed E-state index contributed by atoms with van der Waals surface area (Å²) >= 11 is 5.07. The summed E-state index contributed by atoms with van der Waals surface area (Å²) in [6.45, 7) is 4.19. The van der Waals surface area contributed by atoms with Crippen molar-refractivity contribution in [3.63, 3.8) is 0 Å². The first-order valence-electron chi connectivity index (χ1n) is 7.36. The number of nitrogens with zero attached hydrogens (tertiary/aromatic N) is 1. The van der Waals surface area contributed by atoms with E-state index in [1.54, 1.807) is 7.11 Å². The van der Waals surface area contributed by atoms with Crippen molar-refractivity contribution in [1.82, 2.24) is 4.90 Å². The maximum Gasteiger partial charge on any atom is 0.123 e. The topological polar surface area (TPSA) is 38.5 Å². The van der Waals surface area contributed by atoms with Crippen molar-refractivity contribution in [3.8, 4) is 5.75 Å². The molecule has 0 bridgehead atoms. The van der Waals surface area contributed by atoms with Crippen molar-refractivity contribution >= 4 is 17.2 Å². The Hall–Kier alpha value is -1.13. The summed E-state index contributed by atoms with van der Waals surface area (Å²) in [5, 5.41) is 0. The number of ether oxygens (including phenoxy) is 1. The van der Waals surface area contributed by atoms with Gasteiger partial charge in [0.15, 0.2) is 0 Å². The molecule has 0 amide bonds. The summed E-state index contributed by atoms with van der Waals surface area (Å²) in [5.41, 5.74) is 7.82. The number of hydrogen-bond donors (Lipinski definition) is 1. The standard InChI is InChI=1S/C16H24N2OS/c1-3-18(14-6-4-5-7-14)11-13-10-12(16(17)20)8-9-15(13)19-2/h8-10,14H,3-7,11H2,1-2H3,(H2,17,20). The van der Waals surface area contributed by atoms with Gasteiger partial charge in [0, 0.05) is 23.7 Å². The zero-order chi connectivity index (χ0) is 14.5. The summed E-state index contributed by atoms with van der Waals surface area (Å²) in [6.07, 6.45) is 5.33. The molecule has 0 aliphatic heterocycles. The highest BCUT2D eigenvalue weighted by molar-refractivity contribution is 7.80. The van der Waals surface area contributed by atoms with E-state index in [4.69, 9.17) is 22.7 Å². The molecular weight excluding hydrogens is 268 g/mol. The first kappa shape index (κ1) is 15.3. The van der Waals surface area contributed by atoms with Gasteiger partial charge in [-0.2, -0.15) is 0 Å². The molecule has 1 aromatic carbocycles. The summed E-state index contributed by atoms with van der Waals surface area (Å²) in [6, 6.07) is 6.67. The molecule has 1 aliphatic carbocycles. The van der Waals surface area contributed by atoms with Crippen LogP contribution in [0.25, 0.3) is 0 Å². The molecule has 2 N–H and O–H groups in total. The van der Waals surface area contributed by atoms with Gasteiger partial charge in [0.2, 0.25) is 0 Å². The van der Waals surface area contributed by atoms with Gasteiger partial charge in [0.05, 0.1) is 7.11 Å². The van der Waals surface area contributed by atoms with E-state index in [1.807, 2.05) is 12.1 Å². The molecule has 0 saturated heterocycles. The van der Waals surface area contributed by atoms with Crippen molar-refractivity contribution in [2.24, 2.45) is 5.73 Å². The Labute approximate surface area is 127 Å². The van der Waals surface area contributed by atoms with Crippen LogP contribution >= 0.6 is 12.2 Å². The molecule has 110 valence electrons. The van der Waals surface area contributed by atoms with Crippen LogP contribution in [0.5, 0.6) is 5.75 Å². The van der Waals surface area contributed by atoms with Crippen molar-refractivity contribution in [3.05, 3.63) is 29.3 Å². The number of thiocarbonyl (C=S) groups is 1. The third kappa shape index (κ3) is 3.49. The molecular formula is C16H24N2OS. The van der Waals surface area contributed by atoms with Crippen LogP contribution in [0.2, 0.25) is 0 Å². The lowest BCUT2D eigenvalue weighted by Gasteiger charge is -2.28. The molecule has 0 atom stereocenters. The van der Waals surface area contributed by atoms with Gasteiger partial charge < -0.3 is 10.5 Å². The lowest BCUT2D eigenvalue weighted by molar-refractivity contribution is 0.198. The minimum Gasteiger partial charge on any atom is -0.496 e. The summed E-state index contributed by atoms with van der Waals surface area (Å²) in [4.78, 5) is 2.98. The van der Waals surface area contributed by atoms with Gasteiger partial charge >= 0.3 is 0 Å². The van der Waals surface area contributed by atoms with Crippen LogP contribution in [0.1, 0.15) is 43.7 Å². The van der Waals surface area contributed by atoms with Gasteiger partial charge in [-0.15, -0.1) is 0 Å². The summed E-state index contributed by atoms with van der Waals surface area (Å²) < 4.78 is 5.48. The lowest BCUT2D eigenvalue weighted by atomic mass is 10.1. The maximum absolute atomic E-state index is 5.74. The van der Waals surface area contributed by atoms with E-state index in [9.17, 15) is 0 Å². The minimum atomic E-state index is 0.442. The van der Waals surface area contributed by atoms with Crippen LogP contribution < -0.4 is 10.5 Å². The molecule has 3 nitrogen and oxygen atoms in total. The maximum atomic E-state index is 5.74. The molecule has 0 unspecified atom stereocenters. The molecule has 1 aliphatic rings. The van der Waals surface area contributed by atoms with Gasteiger partial charge in [-0.3, -0.25) is 4.90 Å². The van der Waals surface area contributed by atoms with Gasteiger partial charge in [0.25, 0.3) is 0 Å². The average Bonchev–Trinajstić information content (AvgIpc) is 2.98. The molecule has 1 saturated carbocycles.